The van der Waals surface area contributed by atoms with E-state index < -0.39 is 0 Å². The van der Waals surface area contributed by atoms with E-state index in [9.17, 15) is 0 Å². The van der Waals surface area contributed by atoms with Gasteiger partial charge in [0.25, 0.3) is 0 Å². The highest BCUT2D eigenvalue weighted by Gasteiger charge is 2.07. The van der Waals surface area contributed by atoms with E-state index in [1.807, 2.05) is 19.1 Å². The second-order valence-corrected chi connectivity index (χ2v) is 6.69. The van der Waals surface area contributed by atoms with Crippen LogP contribution in [-0.4, -0.2) is 4.98 Å². The molecule has 2 nitrogen and oxygen atoms in total. The summed E-state index contributed by atoms with van der Waals surface area (Å²) in [6.07, 6.45) is 0. The van der Waals surface area contributed by atoms with Gasteiger partial charge < -0.3 is 4.74 Å². The molecule has 0 aliphatic heterocycles. The highest BCUT2D eigenvalue weighted by molar-refractivity contribution is 9.10. The van der Waals surface area contributed by atoms with Crippen LogP contribution in [0.3, 0.4) is 0 Å². The molecule has 0 bridgehead atoms. The van der Waals surface area contributed by atoms with Crippen molar-refractivity contribution in [2.45, 2.75) is 25.8 Å². The number of thiazole rings is 1. The van der Waals surface area contributed by atoms with Crippen molar-refractivity contribution in [3.8, 4) is 5.75 Å². The number of benzene rings is 1. The molecule has 0 fully saturated rings. The number of alkyl halides is 1. The van der Waals surface area contributed by atoms with Gasteiger partial charge in [0.15, 0.2) is 0 Å². The molecule has 0 unspecified atom stereocenters. The van der Waals surface area contributed by atoms with E-state index in [1.54, 1.807) is 11.3 Å². The van der Waals surface area contributed by atoms with Crippen LogP contribution in [0.25, 0.3) is 0 Å². The molecule has 0 saturated heterocycles. The summed E-state index contributed by atoms with van der Waals surface area (Å²) in [5.41, 5.74) is 2.23. The fourth-order valence-electron chi connectivity index (χ4n) is 1.53. The van der Waals surface area contributed by atoms with Crippen LogP contribution in [0, 0.1) is 13.8 Å². The molecule has 0 radical (unpaired) electrons. The van der Waals surface area contributed by atoms with Gasteiger partial charge in [-0.3, -0.25) is 0 Å². The van der Waals surface area contributed by atoms with Gasteiger partial charge in [-0.1, -0.05) is 31.9 Å². The van der Waals surface area contributed by atoms with E-state index in [4.69, 9.17) is 4.74 Å². The highest BCUT2D eigenvalue weighted by atomic mass is 79.9. The molecule has 1 heterocycles. The molecule has 0 spiro atoms. The molecule has 96 valence electrons. The van der Waals surface area contributed by atoms with E-state index in [1.165, 1.54) is 4.88 Å². The van der Waals surface area contributed by atoms with Crippen LogP contribution >= 0.6 is 43.2 Å². The van der Waals surface area contributed by atoms with Crippen molar-refractivity contribution >= 4 is 43.2 Å². The first-order chi connectivity index (χ1) is 8.60. The number of halogens is 2. The first-order valence-electron chi connectivity index (χ1n) is 5.50. The number of aromatic nitrogens is 1. The molecule has 2 rings (SSSR count). The maximum Gasteiger partial charge on any atom is 0.140 e. The maximum absolute atomic E-state index is 5.83. The Balaban J connectivity index is 2.10. The van der Waals surface area contributed by atoms with E-state index in [2.05, 4.69) is 49.8 Å². The summed E-state index contributed by atoms with van der Waals surface area (Å²) in [5, 5.41) is 1.80. The van der Waals surface area contributed by atoms with Crippen LogP contribution in [0.15, 0.2) is 22.7 Å². The SMILES string of the molecule is Cc1nc(COc2ccc(Br)cc2CBr)sc1C. The zero-order chi connectivity index (χ0) is 13.1. The first kappa shape index (κ1) is 14.0. The zero-order valence-corrected chi connectivity index (χ0v) is 14.2. The zero-order valence-electron chi connectivity index (χ0n) is 10.2. The summed E-state index contributed by atoms with van der Waals surface area (Å²) >= 11 is 8.62. The quantitative estimate of drug-likeness (QED) is 0.685. The van der Waals surface area contributed by atoms with Crippen molar-refractivity contribution in [1.82, 2.24) is 4.98 Å². The number of hydrogen-bond acceptors (Lipinski definition) is 3. The minimum atomic E-state index is 0.529. The first-order valence-corrected chi connectivity index (χ1v) is 8.23. The molecule has 5 heteroatoms. The molecule has 18 heavy (non-hydrogen) atoms. The van der Waals surface area contributed by atoms with Gasteiger partial charge >= 0.3 is 0 Å². The van der Waals surface area contributed by atoms with Crippen LogP contribution < -0.4 is 4.74 Å². The van der Waals surface area contributed by atoms with E-state index in [-0.39, 0.29) is 0 Å². The smallest absolute Gasteiger partial charge is 0.140 e. The lowest BCUT2D eigenvalue weighted by Gasteiger charge is -2.09. The topological polar surface area (TPSA) is 22.1 Å². The molecule has 0 amide bonds. The average molecular weight is 391 g/mol. The van der Waals surface area contributed by atoms with E-state index in [0.29, 0.717) is 6.61 Å². The van der Waals surface area contributed by atoms with Crippen LogP contribution in [0.1, 0.15) is 21.1 Å². The van der Waals surface area contributed by atoms with Crippen LogP contribution in [-0.2, 0) is 11.9 Å². The number of ether oxygens (including phenoxy) is 1. The van der Waals surface area contributed by atoms with Gasteiger partial charge in [-0.05, 0) is 32.0 Å². The third-order valence-corrected chi connectivity index (χ3v) is 4.73. The van der Waals surface area contributed by atoms with Gasteiger partial charge in [0.1, 0.15) is 17.4 Å². The number of nitrogens with zero attached hydrogens (tertiary/aromatic N) is 1. The minimum Gasteiger partial charge on any atom is -0.486 e. The Morgan fingerprint density at radius 2 is 2.11 bits per heavy atom. The van der Waals surface area contributed by atoms with Gasteiger partial charge in [-0.25, -0.2) is 4.98 Å². The summed E-state index contributed by atoms with van der Waals surface area (Å²) in [4.78, 5) is 5.73. The van der Waals surface area contributed by atoms with Crippen molar-refractivity contribution in [3.05, 3.63) is 43.8 Å². The Labute approximate surface area is 128 Å². The predicted molar refractivity (Wildman–Crippen MR) is 82.7 cm³/mol. The normalized spacial score (nSPS) is 10.7. The molecule has 0 aliphatic rings. The largest absolute Gasteiger partial charge is 0.486 e. The fourth-order valence-corrected chi connectivity index (χ4v) is 3.23. The van der Waals surface area contributed by atoms with Gasteiger partial charge in [-0.15, -0.1) is 11.3 Å². The molecule has 0 saturated carbocycles. The Kier molecular flexibility index (Phi) is 4.81. The third-order valence-electron chi connectivity index (χ3n) is 2.59. The van der Waals surface area contributed by atoms with Crippen molar-refractivity contribution in [2.75, 3.05) is 0 Å². The lowest BCUT2D eigenvalue weighted by Crippen LogP contribution is -1.97. The summed E-state index contributed by atoms with van der Waals surface area (Å²) < 4.78 is 6.89. The van der Waals surface area contributed by atoms with Gasteiger partial charge in [0, 0.05) is 20.2 Å². The standard InChI is InChI=1S/C13H13Br2NOS/c1-8-9(2)18-13(16-8)7-17-12-4-3-11(15)5-10(12)6-14/h3-5H,6-7H2,1-2H3. The fraction of sp³-hybridized carbons (Fsp3) is 0.308. The molecule has 0 aliphatic carbocycles. The van der Waals surface area contributed by atoms with Gasteiger partial charge in [0.05, 0.1) is 5.69 Å². The maximum atomic E-state index is 5.83. The van der Waals surface area contributed by atoms with Crippen molar-refractivity contribution in [1.29, 1.82) is 0 Å². The Hall–Kier alpha value is -0.390. The van der Waals surface area contributed by atoms with Crippen LogP contribution in [0.4, 0.5) is 0 Å². The molecule has 1 aromatic carbocycles. The van der Waals surface area contributed by atoms with Gasteiger partial charge in [0.2, 0.25) is 0 Å². The molecule has 0 atom stereocenters. The van der Waals surface area contributed by atoms with E-state index >= 15 is 0 Å². The number of hydrogen-bond donors (Lipinski definition) is 0. The van der Waals surface area contributed by atoms with Crippen LogP contribution in [0.2, 0.25) is 0 Å². The second kappa shape index (κ2) is 6.17. The molecular weight excluding hydrogens is 378 g/mol. The predicted octanol–water partition coefficient (Wildman–Crippen LogP) is 5.00. The Morgan fingerprint density at radius 1 is 1.33 bits per heavy atom. The summed E-state index contributed by atoms with van der Waals surface area (Å²) in [5.74, 6) is 0.903. The lowest BCUT2D eigenvalue weighted by atomic mass is 10.2. The molecule has 2 aromatic rings. The highest BCUT2D eigenvalue weighted by Crippen LogP contribution is 2.26. The lowest BCUT2D eigenvalue weighted by molar-refractivity contribution is 0.303. The summed E-state index contributed by atoms with van der Waals surface area (Å²) in [6, 6.07) is 6.02. The van der Waals surface area contributed by atoms with E-state index in [0.717, 1.165) is 31.8 Å². The second-order valence-electron chi connectivity index (χ2n) is 3.92. The summed E-state index contributed by atoms with van der Waals surface area (Å²) in [7, 11) is 0. The van der Waals surface area contributed by atoms with Crippen molar-refractivity contribution < 1.29 is 4.74 Å². The number of aryl methyl sites for hydroxylation is 2. The van der Waals surface area contributed by atoms with Gasteiger partial charge in [-0.2, -0.15) is 0 Å². The number of rotatable bonds is 4. The molecular formula is C13H13Br2NOS. The van der Waals surface area contributed by atoms with Crippen molar-refractivity contribution in [2.24, 2.45) is 0 Å². The minimum absolute atomic E-state index is 0.529. The average Bonchev–Trinajstić information content (AvgIpc) is 2.67. The van der Waals surface area contributed by atoms with Crippen molar-refractivity contribution in [3.63, 3.8) is 0 Å². The van der Waals surface area contributed by atoms with Crippen LogP contribution in [0.5, 0.6) is 5.75 Å². The Morgan fingerprint density at radius 3 is 2.72 bits per heavy atom. The molecule has 1 aromatic heterocycles. The third kappa shape index (κ3) is 3.33. The molecule has 0 N–H and O–H groups in total. The monoisotopic (exact) mass is 389 g/mol. The summed E-state index contributed by atoms with van der Waals surface area (Å²) in [6.45, 7) is 4.64. The Bertz CT molecular complexity index is 534.